The molecule has 3 aromatic rings. The first-order valence-electron chi connectivity index (χ1n) is 7.10. The van der Waals surface area contributed by atoms with Gasteiger partial charge in [-0.15, -0.1) is 0 Å². The summed E-state index contributed by atoms with van der Waals surface area (Å²) in [6, 6.07) is 18.2. The molecule has 0 aliphatic heterocycles. The van der Waals surface area contributed by atoms with E-state index in [0.29, 0.717) is 0 Å². The molecule has 3 heteroatoms. The van der Waals surface area contributed by atoms with Gasteiger partial charge >= 0.3 is 0 Å². The van der Waals surface area contributed by atoms with E-state index < -0.39 is 0 Å². The summed E-state index contributed by atoms with van der Waals surface area (Å²) in [6.45, 7) is 4.00. The Labute approximate surface area is 125 Å². The maximum absolute atomic E-state index is 4.20. The van der Waals surface area contributed by atoms with Crippen LogP contribution in [0.15, 0.2) is 79.4 Å². The van der Waals surface area contributed by atoms with Crippen LogP contribution in [0.1, 0.15) is 13.8 Å². The molecule has 0 bridgehead atoms. The Morgan fingerprint density at radius 2 is 1.24 bits per heavy atom. The number of benzene rings is 1. The van der Waals surface area contributed by atoms with Gasteiger partial charge in [0.25, 0.3) is 0 Å². The highest BCUT2D eigenvalue weighted by Gasteiger charge is 2.11. The highest BCUT2D eigenvalue weighted by Crippen LogP contribution is 2.32. The first-order valence-corrected chi connectivity index (χ1v) is 7.10. The van der Waals surface area contributed by atoms with Crippen molar-refractivity contribution in [1.82, 2.24) is 9.97 Å². The number of nitrogens with zero attached hydrogens (tertiary/aromatic N) is 3. The number of para-hydroxylation sites is 1. The molecule has 0 aliphatic rings. The van der Waals surface area contributed by atoms with E-state index in [0.717, 1.165) is 17.1 Å². The van der Waals surface area contributed by atoms with Crippen LogP contribution in [0.2, 0.25) is 0 Å². The van der Waals surface area contributed by atoms with Gasteiger partial charge in [0.15, 0.2) is 0 Å². The summed E-state index contributed by atoms with van der Waals surface area (Å²) in [4.78, 5) is 10.4. The molecule has 2 heterocycles. The molecule has 21 heavy (non-hydrogen) atoms. The SMILES string of the molecule is CC.c1ccc(N(c2ccncc2)c2cccnc2)cc1. The third kappa shape index (κ3) is 3.66. The van der Waals surface area contributed by atoms with E-state index in [1.54, 1.807) is 18.6 Å². The Bertz CT molecular complexity index is 530. The smallest absolute Gasteiger partial charge is 0.0644 e. The summed E-state index contributed by atoms with van der Waals surface area (Å²) in [5.41, 5.74) is 3.19. The second-order valence-electron chi connectivity index (χ2n) is 4.09. The summed E-state index contributed by atoms with van der Waals surface area (Å²) in [5, 5.41) is 0. The summed E-state index contributed by atoms with van der Waals surface area (Å²) in [5.74, 6) is 0. The summed E-state index contributed by atoms with van der Waals surface area (Å²) < 4.78 is 0. The van der Waals surface area contributed by atoms with Crippen LogP contribution in [0.3, 0.4) is 0 Å². The van der Waals surface area contributed by atoms with Crippen molar-refractivity contribution in [2.45, 2.75) is 13.8 Å². The highest BCUT2D eigenvalue weighted by molar-refractivity contribution is 5.75. The first kappa shape index (κ1) is 14.7. The van der Waals surface area contributed by atoms with E-state index in [4.69, 9.17) is 0 Å². The lowest BCUT2D eigenvalue weighted by Gasteiger charge is -2.24. The molecular formula is C18H19N3. The fourth-order valence-electron chi connectivity index (χ4n) is 2.00. The molecule has 1 aromatic carbocycles. The fraction of sp³-hybridized carbons (Fsp3) is 0.111. The quantitative estimate of drug-likeness (QED) is 0.676. The van der Waals surface area contributed by atoms with E-state index in [1.807, 2.05) is 62.5 Å². The van der Waals surface area contributed by atoms with Crippen LogP contribution in [0, 0.1) is 0 Å². The summed E-state index contributed by atoms with van der Waals surface area (Å²) >= 11 is 0. The molecule has 0 amide bonds. The van der Waals surface area contributed by atoms with Crippen molar-refractivity contribution in [2.24, 2.45) is 0 Å². The largest absolute Gasteiger partial charge is 0.309 e. The van der Waals surface area contributed by atoms with Crippen LogP contribution in [0.5, 0.6) is 0 Å². The van der Waals surface area contributed by atoms with Gasteiger partial charge in [-0.2, -0.15) is 0 Å². The van der Waals surface area contributed by atoms with Gasteiger partial charge in [0, 0.05) is 30.0 Å². The van der Waals surface area contributed by atoms with Gasteiger partial charge < -0.3 is 4.90 Å². The summed E-state index contributed by atoms with van der Waals surface area (Å²) in [6.07, 6.45) is 7.22. The first-order chi connectivity index (χ1) is 10.4. The van der Waals surface area contributed by atoms with E-state index in [9.17, 15) is 0 Å². The van der Waals surface area contributed by atoms with Gasteiger partial charge in [0.1, 0.15) is 0 Å². The molecule has 0 N–H and O–H groups in total. The van der Waals surface area contributed by atoms with Crippen molar-refractivity contribution >= 4 is 17.1 Å². The highest BCUT2D eigenvalue weighted by atomic mass is 15.1. The topological polar surface area (TPSA) is 29.0 Å². The monoisotopic (exact) mass is 277 g/mol. The molecule has 0 fully saturated rings. The maximum Gasteiger partial charge on any atom is 0.0644 e. The molecule has 0 spiro atoms. The van der Waals surface area contributed by atoms with E-state index >= 15 is 0 Å². The molecule has 3 nitrogen and oxygen atoms in total. The number of hydrogen-bond acceptors (Lipinski definition) is 3. The Morgan fingerprint density at radius 1 is 0.619 bits per heavy atom. The third-order valence-electron chi connectivity index (χ3n) is 2.84. The molecule has 0 saturated heterocycles. The Kier molecular flexibility index (Phi) is 5.47. The number of hydrogen-bond donors (Lipinski definition) is 0. The number of pyridine rings is 2. The van der Waals surface area contributed by atoms with E-state index in [2.05, 4.69) is 27.0 Å². The number of aromatic nitrogens is 2. The fourth-order valence-corrected chi connectivity index (χ4v) is 2.00. The second-order valence-corrected chi connectivity index (χ2v) is 4.09. The molecule has 2 aromatic heterocycles. The lowest BCUT2D eigenvalue weighted by atomic mass is 10.2. The summed E-state index contributed by atoms with van der Waals surface area (Å²) in [7, 11) is 0. The average molecular weight is 277 g/mol. The van der Waals surface area contributed by atoms with Gasteiger partial charge in [-0.25, -0.2) is 0 Å². The van der Waals surface area contributed by atoms with Crippen LogP contribution < -0.4 is 4.90 Å². The second kappa shape index (κ2) is 7.80. The lowest BCUT2D eigenvalue weighted by Crippen LogP contribution is -2.09. The van der Waals surface area contributed by atoms with E-state index in [1.165, 1.54) is 0 Å². The predicted molar refractivity (Wildman–Crippen MR) is 88.1 cm³/mol. The molecule has 0 unspecified atom stereocenters. The van der Waals surface area contributed by atoms with Gasteiger partial charge in [-0.05, 0) is 36.4 Å². The minimum absolute atomic E-state index is 1.03. The van der Waals surface area contributed by atoms with Crippen LogP contribution in [-0.2, 0) is 0 Å². The zero-order chi connectivity index (χ0) is 14.9. The number of rotatable bonds is 3. The molecule has 0 radical (unpaired) electrons. The third-order valence-corrected chi connectivity index (χ3v) is 2.84. The van der Waals surface area contributed by atoms with Gasteiger partial charge in [-0.1, -0.05) is 32.0 Å². The molecule has 0 saturated carbocycles. The Morgan fingerprint density at radius 3 is 1.86 bits per heavy atom. The molecule has 0 aliphatic carbocycles. The van der Waals surface area contributed by atoms with Crippen LogP contribution in [-0.4, -0.2) is 9.97 Å². The average Bonchev–Trinajstić information content (AvgIpc) is 2.60. The van der Waals surface area contributed by atoms with Gasteiger partial charge in [0.2, 0.25) is 0 Å². The van der Waals surface area contributed by atoms with Crippen molar-refractivity contribution in [1.29, 1.82) is 0 Å². The normalized spacial score (nSPS) is 9.43. The van der Waals surface area contributed by atoms with Crippen LogP contribution >= 0.6 is 0 Å². The molecule has 106 valence electrons. The molecule has 3 rings (SSSR count). The standard InChI is InChI=1S/C16H13N3.C2H6/c1-2-5-14(6-3-1)19(15-8-11-17-12-9-15)16-7-4-10-18-13-16;1-2/h1-13H;1-2H3. The van der Waals surface area contributed by atoms with Crippen molar-refractivity contribution in [3.63, 3.8) is 0 Å². The van der Waals surface area contributed by atoms with Gasteiger partial charge in [0.05, 0.1) is 11.9 Å². The van der Waals surface area contributed by atoms with Crippen molar-refractivity contribution in [2.75, 3.05) is 4.90 Å². The molecular weight excluding hydrogens is 258 g/mol. The minimum atomic E-state index is 1.03. The van der Waals surface area contributed by atoms with Crippen molar-refractivity contribution < 1.29 is 0 Å². The molecule has 0 atom stereocenters. The zero-order valence-corrected chi connectivity index (χ0v) is 12.3. The predicted octanol–water partition coefficient (Wildman–Crippen LogP) is 4.97. The van der Waals surface area contributed by atoms with Crippen molar-refractivity contribution in [3.05, 3.63) is 79.4 Å². The van der Waals surface area contributed by atoms with E-state index in [-0.39, 0.29) is 0 Å². The number of anilines is 3. The van der Waals surface area contributed by atoms with Gasteiger partial charge in [-0.3, -0.25) is 9.97 Å². The lowest BCUT2D eigenvalue weighted by molar-refractivity contribution is 1.21. The zero-order valence-electron chi connectivity index (χ0n) is 12.3. The Hall–Kier alpha value is -2.68. The van der Waals surface area contributed by atoms with Crippen LogP contribution in [0.25, 0.3) is 0 Å². The van der Waals surface area contributed by atoms with Crippen LogP contribution in [0.4, 0.5) is 17.1 Å². The minimum Gasteiger partial charge on any atom is -0.309 e. The van der Waals surface area contributed by atoms with Crippen molar-refractivity contribution in [3.8, 4) is 0 Å². The Balaban J connectivity index is 0.000000774. The maximum atomic E-state index is 4.20.